The summed E-state index contributed by atoms with van der Waals surface area (Å²) in [6.45, 7) is 8.29. The van der Waals surface area contributed by atoms with E-state index in [0.717, 1.165) is 25.9 Å². The van der Waals surface area contributed by atoms with Crippen molar-refractivity contribution >= 4 is 27.6 Å². The Hall–Kier alpha value is -1.15. The van der Waals surface area contributed by atoms with Gasteiger partial charge in [-0.2, -0.15) is 4.72 Å². The highest BCUT2D eigenvalue weighted by Crippen LogP contribution is 2.16. The molecule has 1 aromatic rings. The lowest BCUT2D eigenvalue weighted by Crippen LogP contribution is -3.15. The summed E-state index contributed by atoms with van der Waals surface area (Å²) < 4.78 is 33.1. The Kier molecular flexibility index (Phi) is 7.07. The Morgan fingerprint density at radius 2 is 1.85 bits per heavy atom. The van der Waals surface area contributed by atoms with E-state index in [2.05, 4.69) is 4.72 Å². The molecule has 26 heavy (non-hydrogen) atoms. The molecule has 8 heteroatoms. The molecule has 1 aliphatic heterocycles. The van der Waals surface area contributed by atoms with E-state index >= 15 is 0 Å². The lowest BCUT2D eigenvalue weighted by Gasteiger charge is -2.34. The van der Waals surface area contributed by atoms with Crippen LogP contribution in [0.5, 0.6) is 0 Å². The first kappa shape index (κ1) is 21.2. The number of hydrogen-bond donors (Lipinski definition) is 2. The minimum atomic E-state index is -3.61. The highest BCUT2D eigenvalue weighted by atomic mass is 35.5. The summed E-state index contributed by atoms with van der Waals surface area (Å²) in [5, 5.41) is 0.497. The molecule has 1 saturated heterocycles. The van der Waals surface area contributed by atoms with Crippen LogP contribution in [0.25, 0.3) is 0 Å². The number of benzene rings is 1. The van der Waals surface area contributed by atoms with Crippen molar-refractivity contribution in [2.45, 2.75) is 44.0 Å². The fourth-order valence-electron chi connectivity index (χ4n) is 3.40. The Labute approximate surface area is 160 Å². The number of piperidine rings is 1. The predicted octanol–water partition coefficient (Wildman–Crippen LogP) is 1.25. The van der Waals surface area contributed by atoms with Crippen LogP contribution < -0.4 is 9.62 Å². The summed E-state index contributed by atoms with van der Waals surface area (Å²) in [7, 11) is -3.61. The number of carbonyl (C=O) groups is 1. The molecule has 0 spiro atoms. The molecule has 1 aromatic carbocycles. The zero-order valence-electron chi connectivity index (χ0n) is 15.5. The molecular formula is C18H28ClN2O4S+. The summed E-state index contributed by atoms with van der Waals surface area (Å²) in [6, 6.07) is 6.12. The molecule has 2 N–H and O–H groups in total. The van der Waals surface area contributed by atoms with Crippen LogP contribution in [0.2, 0.25) is 5.02 Å². The fraction of sp³-hybridized carbons (Fsp3) is 0.611. The van der Waals surface area contributed by atoms with Crippen molar-refractivity contribution in [2.24, 2.45) is 5.92 Å². The molecule has 1 fully saturated rings. The Morgan fingerprint density at radius 3 is 2.38 bits per heavy atom. The van der Waals surface area contributed by atoms with Gasteiger partial charge in [-0.1, -0.05) is 11.6 Å². The average Bonchev–Trinajstić information content (AvgIpc) is 2.54. The topological polar surface area (TPSA) is 76.9 Å². The van der Waals surface area contributed by atoms with E-state index in [9.17, 15) is 13.2 Å². The first-order valence-corrected chi connectivity index (χ1v) is 10.8. The largest absolute Gasteiger partial charge is 0.466 e. The smallest absolute Gasteiger partial charge is 0.309 e. The van der Waals surface area contributed by atoms with Crippen LogP contribution in [0.3, 0.4) is 0 Å². The van der Waals surface area contributed by atoms with E-state index in [0.29, 0.717) is 18.2 Å². The fourth-order valence-corrected chi connectivity index (χ4v) is 4.93. The maximum Gasteiger partial charge on any atom is 0.309 e. The molecule has 2 rings (SSSR count). The molecule has 0 saturated carbocycles. The van der Waals surface area contributed by atoms with Crippen LogP contribution in [0.1, 0.15) is 33.6 Å². The van der Waals surface area contributed by atoms with E-state index in [1.165, 1.54) is 17.0 Å². The normalized spacial score (nSPS) is 21.4. The SMILES string of the molecule is CCOC(=O)C1CC[NH+](CC(C)(C)NS(=O)(=O)c2ccc(Cl)cc2)CC1. The average molecular weight is 404 g/mol. The number of rotatable bonds is 7. The number of halogens is 1. The summed E-state index contributed by atoms with van der Waals surface area (Å²) >= 11 is 5.83. The second-order valence-electron chi connectivity index (χ2n) is 7.40. The van der Waals surface area contributed by atoms with Gasteiger partial charge in [-0.25, -0.2) is 8.42 Å². The van der Waals surface area contributed by atoms with Crippen molar-refractivity contribution in [3.05, 3.63) is 29.3 Å². The van der Waals surface area contributed by atoms with Gasteiger partial charge in [0.1, 0.15) is 0 Å². The van der Waals surface area contributed by atoms with Crippen molar-refractivity contribution in [3.8, 4) is 0 Å². The van der Waals surface area contributed by atoms with Gasteiger partial charge in [-0.15, -0.1) is 0 Å². The maximum atomic E-state index is 12.6. The number of hydrogen-bond acceptors (Lipinski definition) is 4. The summed E-state index contributed by atoms with van der Waals surface area (Å²) in [6.07, 6.45) is 1.54. The van der Waals surface area contributed by atoms with Gasteiger partial charge in [0.15, 0.2) is 0 Å². The maximum absolute atomic E-state index is 12.6. The van der Waals surface area contributed by atoms with E-state index in [-0.39, 0.29) is 16.8 Å². The number of likely N-dealkylation sites (tertiary alicyclic amines) is 1. The molecule has 1 heterocycles. The highest BCUT2D eigenvalue weighted by Gasteiger charge is 2.34. The van der Waals surface area contributed by atoms with Gasteiger partial charge in [0.2, 0.25) is 10.0 Å². The van der Waals surface area contributed by atoms with Crippen molar-refractivity contribution < 1.29 is 22.8 Å². The number of carbonyl (C=O) groups excluding carboxylic acids is 1. The summed E-state index contributed by atoms with van der Waals surface area (Å²) in [5.74, 6) is -0.151. The second kappa shape index (κ2) is 8.69. The van der Waals surface area contributed by atoms with Gasteiger partial charge >= 0.3 is 5.97 Å². The van der Waals surface area contributed by atoms with Gasteiger partial charge in [-0.3, -0.25) is 4.79 Å². The van der Waals surface area contributed by atoms with Crippen LogP contribution >= 0.6 is 11.6 Å². The third kappa shape index (κ3) is 5.94. The minimum absolute atomic E-state index is 0.0347. The van der Waals surface area contributed by atoms with E-state index in [1.807, 2.05) is 20.8 Å². The van der Waals surface area contributed by atoms with Crippen LogP contribution in [0.15, 0.2) is 29.2 Å². The lowest BCUT2D eigenvalue weighted by atomic mass is 9.95. The molecule has 0 bridgehead atoms. The second-order valence-corrected chi connectivity index (χ2v) is 9.52. The third-order valence-corrected chi connectivity index (χ3v) is 6.51. The van der Waals surface area contributed by atoms with Crippen molar-refractivity contribution in [2.75, 3.05) is 26.2 Å². The van der Waals surface area contributed by atoms with Crippen molar-refractivity contribution in [1.82, 2.24) is 4.72 Å². The molecule has 146 valence electrons. The Balaban J connectivity index is 1.92. The Morgan fingerprint density at radius 1 is 1.27 bits per heavy atom. The van der Waals surface area contributed by atoms with Crippen LogP contribution in [0.4, 0.5) is 0 Å². The van der Waals surface area contributed by atoms with Crippen LogP contribution in [-0.4, -0.2) is 46.2 Å². The minimum Gasteiger partial charge on any atom is -0.466 e. The third-order valence-electron chi connectivity index (χ3n) is 4.54. The number of quaternary nitrogens is 1. The Bertz CT molecular complexity index is 711. The molecule has 0 aliphatic carbocycles. The molecular weight excluding hydrogens is 376 g/mol. The van der Waals surface area contributed by atoms with Crippen molar-refractivity contribution in [1.29, 1.82) is 0 Å². The van der Waals surface area contributed by atoms with Gasteiger partial charge in [-0.05, 0) is 45.0 Å². The molecule has 6 nitrogen and oxygen atoms in total. The van der Waals surface area contributed by atoms with Gasteiger partial charge in [0.05, 0.1) is 42.6 Å². The van der Waals surface area contributed by atoms with E-state index in [1.54, 1.807) is 12.1 Å². The molecule has 0 amide bonds. The van der Waals surface area contributed by atoms with Crippen molar-refractivity contribution in [3.63, 3.8) is 0 Å². The van der Waals surface area contributed by atoms with Crippen LogP contribution in [0, 0.1) is 5.92 Å². The monoisotopic (exact) mass is 403 g/mol. The standard InChI is InChI=1S/C18H27ClN2O4S/c1-4-25-17(22)14-9-11-21(12-10-14)13-18(2,3)20-26(23,24)16-7-5-15(19)6-8-16/h5-8,14,20H,4,9-13H2,1-3H3/p+1. The van der Waals surface area contributed by atoms with Crippen LogP contribution in [-0.2, 0) is 19.6 Å². The molecule has 0 atom stereocenters. The summed E-state index contributed by atoms with van der Waals surface area (Å²) in [4.78, 5) is 13.3. The molecule has 1 aliphatic rings. The molecule has 0 aromatic heterocycles. The van der Waals surface area contributed by atoms with Gasteiger partial charge in [0.25, 0.3) is 0 Å². The number of sulfonamides is 1. The summed E-state index contributed by atoms with van der Waals surface area (Å²) in [5.41, 5.74) is -0.607. The zero-order chi connectivity index (χ0) is 19.4. The zero-order valence-corrected chi connectivity index (χ0v) is 17.1. The van der Waals surface area contributed by atoms with E-state index < -0.39 is 15.6 Å². The molecule has 0 radical (unpaired) electrons. The number of ether oxygens (including phenoxy) is 1. The van der Waals surface area contributed by atoms with Gasteiger partial charge < -0.3 is 9.64 Å². The number of esters is 1. The number of nitrogens with one attached hydrogen (secondary N) is 2. The van der Waals surface area contributed by atoms with E-state index in [4.69, 9.17) is 16.3 Å². The highest BCUT2D eigenvalue weighted by molar-refractivity contribution is 7.89. The predicted molar refractivity (Wildman–Crippen MR) is 101 cm³/mol. The first-order chi connectivity index (χ1) is 12.1. The lowest BCUT2D eigenvalue weighted by molar-refractivity contribution is -0.909. The first-order valence-electron chi connectivity index (χ1n) is 8.93. The quantitative estimate of drug-likeness (QED) is 0.672. The van der Waals surface area contributed by atoms with Gasteiger partial charge in [0, 0.05) is 17.9 Å². The molecule has 0 unspecified atom stereocenters.